The molecular weight excluding hydrogens is 206 g/mol. The van der Waals surface area contributed by atoms with Crippen LogP contribution in [0.5, 0.6) is 0 Å². The molecule has 4 rings (SSSR count). The van der Waals surface area contributed by atoms with Crippen LogP contribution in [-0.2, 0) is 4.84 Å². The van der Waals surface area contributed by atoms with E-state index < -0.39 is 5.09 Å². The topological polar surface area (TPSA) is 52.4 Å². The zero-order valence-electron chi connectivity index (χ0n) is 9.25. The molecule has 7 unspecified atom stereocenters. The van der Waals surface area contributed by atoms with Crippen LogP contribution in [0.15, 0.2) is 0 Å². The molecule has 0 heterocycles. The van der Waals surface area contributed by atoms with Gasteiger partial charge >= 0.3 is 0 Å². The Bertz CT molecular complexity index is 345. The summed E-state index contributed by atoms with van der Waals surface area (Å²) in [5.74, 6) is 4.86. The van der Waals surface area contributed by atoms with Crippen molar-refractivity contribution in [1.82, 2.24) is 0 Å². The molecule has 4 aliphatic carbocycles. The van der Waals surface area contributed by atoms with Crippen molar-refractivity contribution >= 4 is 0 Å². The average Bonchev–Trinajstić information content (AvgIpc) is 2.80. The Morgan fingerprint density at radius 2 is 1.81 bits per heavy atom. The van der Waals surface area contributed by atoms with Crippen molar-refractivity contribution in [3.63, 3.8) is 0 Å². The second-order valence-electron chi connectivity index (χ2n) is 6.18. The van der Waals surface area contributed by atoms with Gasteiger partial charge in [0.25, 0.3) is 5.09 Å². The summed E-state index contributed by atoms with van der Waals surface area (Å²) >= 11 is 0. The molecule has 4 fully saturated rings. The van der Waals surface area contributed by atoms with Crippen molar-refractivity contribution in [2.75, 3.05) is 0 Å². The van der Waals surface area contributed by atoms with Crippen molar-refractivity contribution < 1.29 is 9.92 Å². The van der Waals surface area contributed by atoms with Gasteiger partial charge in [0.1, 0.15) is 6.10 Å². The molecule has 0 aromatic heterocycles. The Labute approximate surface area is 94.5 Å². The molecular formula is C12H17NO3. The predicted molar refractivity (Wildman–Crippen MR) is 55.9 cm³/mol. The lowest BCUT2D eigenvalue weighted by Gasteiger charge is -2.53. The van der Waals surface area contributed by atoms with E-state index in [2.05, 4.69) is 0 Å². The van der Waals surface area contributed by atoms with Gasteiger partial charge in [0.15, 0.2) is 0 Å². The third kappa shape index (κ3) is 0.962. The molecule has 88 valence electrons. The van der Waals surface area contributed by atoms with Gasteiger partial charge in [0.2, 0.25) is 0 Å². The van der Waals surface area contributed by atoms with Crippen molar-refractivity contribution in [3.05, 3.63) is 10.1 Å². The summed E-state index contributed by atoms with van der Waals surface area (Å²) in [5.41, 5.74) is 0. The largest absolute Gasteiger partial charge is 0.310 e. The monoisotopic (exact) mass is 223 g/mol. The Morgan fingerprint density at radius 1 is 1.06 bits per heavy atom. The Morgan fingerprint density at radius 3 is 2.56 bits per heavy atom. The number of fused-ring (bicyclic) bond motifs is 8. The molecule has 4 nitrogen and oxygen atoms in total. The SMILES string of the molecule is O=[N+]([O-])OC1CC2CC1C1C3CCCC3C21. The smallest absolute Gasteiger partial charge is 0.294 e. The summed E-state index contributed by atoms with van der Waals surface area (Å²) in [4.78, 5) is 15.3. The summed E-state index contributed by atoms with van der Waals surface area (Å²) in [6.45, 7) is 0. The van der Waals surface area contributed by atoms with E-state index in [9.17, 15) is 10.1 Å². The predicted octanol–water partition coefficient (Wildman–Crippen LogP) is 2.27. The summed E-state index contributed by atoms with van der Waals surface area (Å²) in [6, 6.07) is 0. The van der Waals surface area contributed by atoms with Crippen LogP contribution in [0.1, 0.15) is 32.1 Å². The maximum atomic E-state index is 10.4. The molecule has 4 aliphatic rings. The highest BCUT2D eigenvalue weighted by atomic mass is 17.0. The fourth-order valence-corrected chi connectivity index (χ4v) is 5.69. The molecule has 0 spiro atoms. The molecule has 7 atom stereocenters. The number of hydrogen-bond acceptors (Lipinski definition) is 3. The van der Waals surface area contributed by atoms with E-state index >= 15 is 0 Å². The molecule has 0 amide bonds. The normalized spacial score (nSPS) is 56.6. The quantitative estimate of drug-likeness (QED) is 0.533. The van der Waals surface area contributed by atoms with Gasteiger partial charge in [-0.25, -0.2) is 0 Å². The van der Waals surface area contributed by atoms with E-state index in [4.69, 9.17) is 4.84 Å². The molecule has 0 aromatic carbocycles. The van der Waals surface area contributed by atoms with Crippen LogP contribution >= 0.6 is 0 Å². The minimum absolute atomic E-state index is 0.0669. The lowest BCUT2D eigenvalue weighted by Crippen LogP contribution is -2.50. The minimum atomic E-state index is -0.578. The van der Waals surface area contributed by atoms with Gasteiger partial charge in [-0.05, 0) is 61.2 Å². The van der Waals surface area contributed by atoms with Crippen LogP contribution in [0, 0.1) is 45.6 Å². The lowest BCUT2D eigenvalue weighted by molar-refractivity contribution is -0.771. The van der Waals surface area contributed by atoms with Crippen LogP contribution in [-0.4, -0.2) is 11.2 Å². The Balaban J connectivity index is 1.55. The Kier molecular flexibility index (Phi) is 1.68. The fourth-order valence-electron chi connectivity index (χ4n) is 5.69. The number of rotatable bonds is 2. The van der Waals surface area contributed by atoms with Crippen molar-refractivity contribution in [1.29, 1.82) is 0 Å². The van der Waals surface area contributed by atoms with Gasteiger partial charge in [-0.2, -0.15) is 0 Å². The maximum Gasteiger partial charge on any atom is 0.294 e. The second-order valence-corrected chi connectivity index (χ2v) is 6.18. The summed E-state index contributed by atoms with van der Waals surface area (Å²) in [7, 11) is 0. The van der Waals surface area contributed by atoms with Crippen LogP contribution in [0.3, 0.4) is 0 Å². The highest BCUT2D eigenvalue weighted by Crippen LogP contribution is 2.70. The first-order chi connectivity index (χ1) is 7.75. The highest BCUT2D eigenvalue weighted by Gasteiger charge is 2.66. The molecule has 16 heavy (non-hydrogen) atoms. The average molecular weight is 223 g/mol. The zero-order chi connectivity index (χ0) is 10.9. The summed E-state index contributed by atoms with van der Waals surface area (Å²) in [5, 5.41) is 9.87. The minimum Gasteiger partial charge on any atom is -0.310 e. The van der Waals surface area contributed by atoms with E-state index in [0.29, 0.717) is 5.92 Å². The molecule has 0 radical (unpaired) electrons. The van der Waals surface area contributed by atoms with Crippen LogP contribution in [0.2, 0.25) is 0 Å². The third-order valence-corrected chi connectivity index (χ3v) is 5.91. The molecule has 0 N–H and O–H groups in total. The highest BCUT2D eigenvalue weighted by molar-refractivity contribution is 5.14. The third-order valence-electron chi connectivity index (χ3n) is 5.91. The summed E-state index contributed by atoms with van der Waals surface area (Å²) in [6.07, 6.45) is 6.29. The van der Waals surface area contributed by atoms with Crippen LogP contribution in [0.4, 0.5) is 0 Å². The van der Waals surface area contributed by atoms with Crippen LogP contribution in [0.25, 0.3) is 0 Å². The first-order valence-electron chi connectivity index (χ1n) is 6.57. The molecule has 2 bridgehead atoms. The van der Waals surface area contributed by atoms with Crippen molar-refractivity contribution in [3.8, 4) is 0 Å². The Hall–Kier alpha value is -0.800. The lowest BCUT2D eigenvalue weighted by atomic mass is 9.53. The molecule has 4 saturated carbocycles. The van der Waals surface area contributed by atoms with Gasteiger partial charge in [-0.3, -0.25) is 0 Å². The van der Waals surface area contributed by atoms with Gasteiger partial charge in [-0.1, -0.05) is 6.42 Å². The second kappa shape index (κ2) is 2.90. The van der Waals surface area contributed by atoms with Gasteiger partial charge in [-0.15, -0.1) is 10.1 Å². The zero-order valence-corrected chi connectivity index (χ0v) is 9.25. The van der Waals surface area contributed by atoms with E-state index in [-0.39, 0.29) is 6.10 Å². The molecule has 4 heteroatoms. The first kappa shape index (κ1) is 9.25. The van der Waals surface area contributed by atoms with E-state index in [1.54, 1.807) is 0 Å². The van der Waals surface area contributed by atoms with E-state index in [0.717, 1.165) is 36.0 Å². The molecule has 0 saturated heterocycles. The number of nitrogens with zero attached hydrogens (tertiary/aromatic N) is 1. The molecule has 0 aromatic rings. The summed E-state index contributed by atoms with van der Waals surface area (Å²) < 4.78 is 0. The van der Waals surface area contributed by atoms with Crippen LogP contribution < -0.4 is 0 Å². The van der Waals surface area contributed by atoms with Gasteiger partial charge in [0.05, 0.1) is 0 Å². The van der Waals surface area contributed by atoms with Crippen molar-refractivity contribution in [2.24, 2.45) is 35.5 Å². The van der Waals surface area contributed by atoms with E-state index in [1.807, 2.05) is 0 Å². The maximum absolute atomic E-state index is 10.4. The standard InChI is InChI=1S/C12H17NO3/c14-13(15)16-10-5-6-4-9(10)12-8-3-1-2-7(8)11(6)12/h6-12H,1-5H2. The van der Waals surface area contributed by atoms with Crippen molar-refractivity contribution in [2.45, 2.75) is 38.2 Å². The van der Waals surface area contributed by atoms with Gasteiger partial charge < -0.3 is 4.84 Å². The fraction of sp³-hybridized carbons (Fsp3) is 1.00. The number of hydrogen-bond donors (Lipinski definition) is 0. The van der Waals surface area contributed by atoms with Gasteiger partial charge in [0, 0.05) is 0 Å². The van der Waals surface area contributed by atoms with E-state index in [1.165, 1.54) is 25.7 Å². The first-order valence-corrected chi connectivity index (χ1v) is 6.57. The molecule has 0 aliphatic heterocycles.